The van der Waals surface area contributed by atoms with Gasteiger partial charge in [0.05, 0.1) is 29.9 Å². The Balaban J connectivity index is 1.59. The Hall–Kier alpha value is -3.90. The summed E-state index contributed by atoms with van der Waals surface area (Å²) in [6, 6.07) is 25.2. The molecule has 5 aromatic rings. The molecule has 6 rings (SSSR count). The largest absolute Gasteiger partial charge is 0.497 e. The Morgan fingerprint density at radius 1 is 0.865 bits per heavy atom. The molecule has 186 valence electrons. The summed E-state index contributed by atoms with van der Waals surface area (Å²) in [6.07, 6.45) is 4.21. The highest BCUT2D eigenvalue weighted by molar-refractivity contribution is 7.80. The van der Waals surface area contributed by atoms with Crippen LogP contribution in [0.5, 0.6) is 5.75 Å². The lowest BCUT2D eigenvalue weighted by Crippen LogP contribution is -2.20. The number of rotatable bonds is 4. The number of benzene rings is 3. The molecule has 2 aromatic heterocycles. The molecule has 1 aliphatic heterocycles. The monoisotopic (exact) mass is 506 g/mol. The van der Waals surface area contributed by atoms with Crippen molar-refractivity contribution in [2.75, 3.05) is 12.4 Å². The Labute approximate surface area is 222 Å². The van der Waals surface area contributed by atoms with Gasteiger partial charge in [0.25, 0.3) is 0 Å². The lowest BCUT2D eigenvalue weighted by molar-refractivity contribution is 0.415. The zero-order valence-electron chi connectivity index (χ0n) is 21.4. The molecule has 0 atom stereocenters. The number of nitrogens with zero attached hydrogens (tertiary/aromatic N) is 3. The highest BCUT2D eigenvalue weighted by Crippen LogP contribution is 2.37. The molecule has 0 aliphatic carbocycles. The van der Waals surface area contributed by atoms with Crippen molar-refractivity contribution in [2.24, 2.45) is 0 Å². The normalized spacial score (nSPS) is 12.9. The van der Waals surface area contributed by atoms with Gasteiger partial charge in [-0.15, -0.1) is 0 Å². The molecule has 37 heavy (non-hydrogen) atoms. The van der Waals surface area contributed by atoms with Crippen molar-refractivity contribution in [1.29, 1.82) is 0 Å². The van der Waals surface area contributed by atoms with Gasteiger partial charge in [-0.1, -0.05) is 42.0 Å². The number of hydrogen-bond donors (Lipinski definition) is 1. The second-order valence-corrected chi connectivity index (χ2v) is 10.2. The number of aromatic nitrogens is 3. The average Bonchev–Trinajstić information content (AvgIpc) is 3.32. The van der Waals surface area contributed by atoms with E-state index in [0.717, 1.165) is 65.4 Å². The zero-order chi connectivity index (χ0) is 25.5. The zero-order valence-corrected chi connectivity index (χ0v) is 22.2. The van der Waals surface area contributed by atoms with Gasteiger partial charge in [0.2, 0.25) is 5.78 Å². The Bertz CT molecular complexity index is 1610. The number of ether oxygens (including phenoxy) is 1. The minimum absolute atomic E-state index is 0.621. The number of imidazole rings is 2. The summed E-state index contributed by atoms with van der Waals surface area (Å²) >= 11 is 6.09. The molecule has 0 spiro atoms. The molecule has 1 N–H and O–H groups in total. The first-order valence-electron chi connectivity index (χ1n) is 12.8. The van der Waals surface area contributed by atoms with Crippen molar-refractivity contribution in [1.82, 2.24) is 14.0 Å². The summed E-state index contributed by atoms with van der Waals surface area (Å²) in [7, 11) is 1.69. The maximum absolute atomic E-state index is 6.09. The van der Waals surface area contributed by atoms with Crippen LogP contribution < -0.4 is 10.1 Å². The predicted molar refractivity (Wildman–Crippen MR) is 155 cm³/mol. The van der Waals surface area contributed by atoms with Crippen molar-refractivity contribution < 1.29 is 4.74 Å². The van der Waals surface area contributed by atoms with Crippen molar-refractivity contribution in [3.8, 4) is 28.3 Å². The minimum atomic E-state index is 0.621. The standard InChI is InChI=1S/C31H30N4OS/c1-20-11-13-23(14-12-20)29-27-10-5-4-9-26-28(22-15-17-25(36-3)18-16-22)33-30(34(26)27)35(29)31(37)32-24-8-6-7-21(2)19-24/h6-8,11-19H,4-5,9-10H2,1-3H3,(H,32,37). The minimum Gasteiger partial charge on any atom is -0.497 e. The van der Waals surface area contributed by atoms with Gasteiger partial charge in [0.15, 0.2) is 5.11 Å². The first-order chi connectivity index (χ1) is 18.0. The van der Waals surface area contributed by atoms with Gasteiger partial charge in [0, 0.05) is 16.8 Å². The number of methoxy groups -OCH3 is 1. The van der Waals surface area contributed by atoms with E-state index in [0.29, 0.717) is 5.11 Å². The highest BCUT2D eigenvalue weighted by atomic mass is 32.1. The van der Waals surface area contributed by atoms with Crippen LogP contribution in [0.25, 0.3) is 28.3 Å². The second-order valence-electron chi connectivity index (χ2n) is 9.77. The van der Waals surface area contributed by atoms with Gasteiger partial charge in [-0.3, -0.25) is 8.97 Å². The van der Waals surface area contributed by atoms with E-state index >= 15 is 0 Å². The van der Waals surface area contributed by atoms with Crippen LogP contribution in [0.2, 0.25) is 0 Å². The van der Waals surface area contributed by atoms with E-state index in [-0.39, 0.29) is 0 Å². The molecule has 0 fully saturated rings. The second kappa shape index (κ2) is 9.52. The van der Waals surface area contributed by atoms with E-state index in [1.807, 2.05) is 18.2 Å². The van der Waals surface area contributed by atoms with Gasteiger partial charge in [-0.05, 0) is 93.7 Å². The van der Waals surface area contributed by atoms with E-state index in [1.54, 1.807) is 7.11 Å². The Morgan fingerprint density at radius 3 is 2.27 bits per heavy atom. The fraction of sp³-hybridized carbons (Fsp3) is 0.226. The predicted octanol–water partition coefficient (Wildman–Crippen LogP) is 7.22. The maximum atomic E-state index is 6.09. The first kappa shape index (κ1) is 23.5. The van der Waals surface area contributed by atoms with E-state index in [9.17, 15) is 0 Å². The fourth-order valence-corrected chi connectivity index (χ4v) is 5.63. The van der Waals surface area contributed by atoms with Crippen LogP contribution in [0.1, 0.15) is 35.4 Å². The third-order valence-electron chi connectivity index (χ3n) is 7.16. The lowest BCUT2D eigenvalue weighted by atomic mass is 10.0. The number of hydrogen-bond acceptors (Lipinski definition) is 3. The van der Waals surface area contributed by atoms with Crippen LogP contribution in [0.3, 0.4) is 0 Å². The van der Waals surface area contributed by atoms with Gasteiger partial charge < -0.3 is 10.1 Å². The smallest absolute Gasteiger partial charge is 0.222 e. The van der Waals surface area contributed by atoms with E-state index in [4.69, 9.17) is 21.9 Å². The average molecular weight is 507 g/mol. The lowest BCUT2D eigenvalue weighted by Gasteiger charge is -2.14. The number of anilines is 1. The van der Waals surface area contributed by atoms with Gasteiger partial charge in [-0.2, -0.15) is 0 Å². The molecule has 6 heteroatoms. The Morgan fingerprint density at radius 2 is 1.57 bits per heavy atom. The molecule has 0 unspecified atom stereocenters. The molecule has 3 aromatic carbocycles. The summed E-state index contributed by atoms with van der Waals surface area (Å²) in [5.74, 6) is 1.70. The van der Waals surface area contributed by atoms with Crippen LogP contribution in [0, 0.1) is 13.8 Å². The molecular weight excluding hydrogens is 476 g/mol. The Kier molecular flexibility index (Phi) is 6.05. The van der Waals surface area contributed by atoms with Gasteiger partial charge in [-0.25, -0.2) is 4.98 Å². The fourth-order valence-electron chi connectivity index (χ4n) is 5.34. The summed E-state index contributed by atoms with van der Waals surface area (Å²) in [4.78, 5) is 5.25. The highest BCUT2D eigenvalue weighted by Gasteiger charge is 2.28. The third kappa shape index (κ3) is 4.21. The number of nitrogens with one attached hydrogen (secondary N) is 1. The molecule has 3 heterocycles. The topological polar surface area (TPSA) is 43.5 Å². The molecule has 0 radical (unpaired) electrons. The van der Waals surface area contributed by atoms with Crippen molar-refractivity contribution in [2.45, 2.75) is 39.5 Å². The van der Waals surface area contributed by atoms with E-state index in [2.05, 4.69) is 82.7 Å². The molecule has 0 saturated carbocycles. The van der Waals surface area contributed by atoms with E-state index in [1.165, 1.54) is 22.5 Å². The van der Waals surface area contributed by atoms with Gasteiger partial charge in [0.1, 0.15) is 5.75 Å². The molecule has 0 saturated heterocycles. The van der Waals surface area contributed by atoms with Gasteiger partial charge >= 0.3 is 0 Å². The van der Waals surface area contributed by atoms with Crippen LogP contribution >= 0.6 is 12.2 Å². The summed E-state index contributed by atoms with van der Waals surface area (Å²) in [6.45, 7) is 4.21. The first-order valence-corrected chi connectivity index (χ1v) is 13.2. The molecular formula is C31H30N4OS. The number of aryl methyl sites for hydroxylation is 4. The molecule has 0 bridgehead atoms. The third-order valence-corrected chi connectivity index (χ3v) is 7.44. The van der Waals surface area contributed by atoms with Crippen LogP contribution in [-0.2, 0) is 12.8 Å². The summed E-state index contributed by atoms with van der Waals surface area (Å²) in [5.41, 5.74) is 10.3. The molecule has 0 amide bonds. The van der Waals surface area contributed by atoms with Crippen LogP contribution in [0.4, 0.5) is 5.69 Å². The van der Waals surface area contributed by atoms with Crippen LogP contribution in [-0.4, -0.2) is 26.2 Å². The maximum Gasteiger partial charge on any atom is 0.222 e. The van der Waals surface area contributed by atoms with Crippen molar-refractivity contribution in [3.63, 3.8) is 0 Å². The summed E-state index contributed by atoms with van der Waals surface area (Å²) in [5, 5.41) is 4.12. The van der Waals surface area contributed by atoms with Crippen molar-refractivity contribution >= 4 is 28.8 Å². The van der Waals surface area contributed by atoms with Crippen molar-refractivity contribution in [3.05, 3.63) is 95.3 Å². The SMILES string of the molecule is COc1ccc(-c2nc3n(C(=S)Nc4cccc(C)c4)c(-c4ccc(C)cc4)c4n3c2CCCC4)cc1. The van der Waals surface area contributed by atoms with Crippen LogP contribution in [0.15, 0.2) is 72.8 Å². The quantitative estimate of drug-likeness (QED) is 0.261. The van der Waals surface area contributed by atoms with E-state index < -0.39 is 0 Å². The number of thiocarbonyl (C=S) groups is 1. The molecule has 1 aliphatic rings. The summed E-state index contributed by atoms with van der Waals surface area (Å²) < 4.78 is 9.89. The molecule has 5 nitrogen and oxygen atoms in total.